The molecule has 152 valence electrons. The van der Waals surface area contributed by atoms with Gasteiger partial charge in [-0.1, -0.05) is 12.1 Å². The van der Waals surface area contributed by atoms with Crippen molar-refractivity contribution in [2.75, 3.05) is 28.4 Å². The van der Waals surface area contributed by atoms with Gasteiger partial charge in [0, 0.05) is 12.1 Å². The van der Waals surface area contributed by atoms with E-state index in [-0.39, 0.29) is 5.91 Å². The van der Waals surface area contributed by atoms with E-state index in [0.717, 1.165) is 16.9 Å². The Morgan fingerprint density at radius 2 is 1.59 bits per heavy atom. The normalized spacial score (nSPS) is 10.3. The fourth-order valence-electron chi connectivity index (χ4n) is 2.84. The zero-order valence-corrected chi connectivity index (χ0v) is 16.7. The minimum atomic E-state index is -0.257. The third-order valence-electron chi connectivity index (χ3n) is 4.40. The van der Waals surface area contributed by atoms with Crippen LogP contribution in [-0.4, -0.2) is 44.5 Å². The molecule has 0 aliphatic carbocycles. The van der Waals surface area contributed by atoms with Crippen molar-refractivity contribution in [1.29, 1.82) is 0 Å². The molecule has 0 bridgehead atoms. The number of hydrogen-bond donors (Lipinski definition) is 2. The average Bonchev–Trinajstić information content (AvgIpc) is 3.27. The summed E-state index contributed by atoms with van der Waals surface area (Å²) in [5.41, 5.74) is 2.62. The van der Waals surface area contributed by atoms with Crippen LogP contribution in [0.5, 0.6) is 23.0 Å². The van der Waals surface area contributed by atoms with E-state index in [2.05, 4.69) is 15.5 Å². The van der Waals surface area contributed by atoms with Gasteiger partial charge >= 0.3 is 0 Å². The van der Waals surface area contributed by atoms with Gasteiger partial charge in [-0.05, 0) is 35.9 Å². The summed E-state index contributed by atoms with van der Waals surface area (Å²) < 4.78 is 21.2. The highest BCUT2D eigenvalue weighted by Crippen LogP contribution is 2.40. The summed E-state index contributed by atoms with van der Waals surface area (Å²) in [6, 6.07) is 12.7. The van der Waals surface area contributed by atoms with Gasteiger partial charge in [0.1, 0.15) is 11.4 Å². The first-order chi connectivity index (χ1) is 14.1. The molecule has 29 heavy (non-hydrogen) atoms. The highest BCUT2D eigenvalue weighted by molar-refractivity contribution is 5.93. The molecule has 1 amide bonds. The maximum atomic E-state index is 12.5. The zero-order valence-electron chi connectivity index (χ0n) is 16.7. The average molecular weight is 397 g/mol. The first-order valence-corrected chi connectivity index (χ1v) is 8.86. The standard InChI is InChI=1S/C21H23N3O5/c1-26-15-7-5-13(6-8-15)12-22-21(25)17-11-16(23-24-17)14-9-18(27-2)20(29-4)19(10-14)28-3/h5-11H,12H2,1-4H3,(H,22,25)(H,23,24). The van der Waals surface area contributed by atoms with E-state index in [4.69, 9.17) is 18.9 Å². The van der Waals surface area contributed by atoms with Gasteiger partial charge in [0.05, 0.1) is 34.1 Å². The molecule has 2 aromatic carbocycles. The molecular weight excluding hydrogens is 374 g/mol. The lowest BCUT2D eigenvalue weighted by Crippen LogP contribution is -2.23. The topological polar surface area (TPSA) is 94.7 Å². The van der Waals surface area contributed by atoms with Crippen LogP contribution in [0.4, 0.5) is 0 Å². The van der Waals surface area contributed by atoms with Crippen molar-refractivity contribution in [2.45, 2.75) is 6.54 Å². The molecule has 0 radical (unpaired) electrons. The Morgan fingerprint density at radius 3 is 2.14 bits per heavy atom. The van der Waals surface area contributed by atoms with Gasteiger partial charge in [-0.25, -0.2) is 0 Å². The molecule has 0 aliphatic heterocycles. The van der Waals surface area contributed by atoms with Gasteiger partial charge in [0.15, 0.2) is 11.5 Å². The molecule has 3 aromatic rings. The van der Waals surface area contributed by atoms with Gasteiger partial charge in [0.2, 0.25) is 5.75 Å². The van der Waals surface area contributed by atoms with Crippen LogP contribution in [0.15, 0.2) is 42.5 Å². The number of aromatic nitrogens is 2. The number of nitrogens with zero attached hydrogens (tertiary/aromatic N) is 1. The van der Waals surface area contributed by atoms with Gasteiger partial charge in [-0.3, -0.25) is 9.89 Å². The lowest BCUT2D eigenvalue weighted by atomic mass is 10.1. The molecule has 1 heterocycles. The maximum absolute atomic E-state index is 12.5. The van der Waals surface area contributed by atoms with Crippen molar-refractivity contribution in [3.63, 3.8) is 0 Å². The van der Waals surface area contributed by atoms with Gasteiger partial charge in [0.25, 0.3) is 5.91 Å². The van der Waals surface area contributed by atoms with E-state index in [1.54, 1.807) is 46.6 Å². The second-order valence-electron chi connectivity index (χ2n) is 6.11. The molecule has 2 N–H and O–H groups in total. The third kappa shape index (κ3) is 4.43. The summed E-state index contributed by atoms with van der Waals surface area (Å²) in [5, 5.41) is 9.86. The fraction of sp³-hybridized carbons (Fsp3) is 0.238. The number of nitrogens with one attached hydrogen (secondary N) is 2. The first-order valence-electron chi connectivity index (χ1n) is 8.86. The molecule has 8 nitrogen and oxygen atoms in total. The van der Waals surface area contributed by atoms with E-state index >= 15 is 0 Å². The number of methoxy groups -OCH3 is 4. The van der Waals surface area contributed by atoms with Crippen LogP contribution in [-0.2, 0) is 6.54 Å². The molecule has 3 rings (SSSR count). The van der Waals surface area contributed by atoms with E-state index in [0.29, 0.717) is 35.2 Å². The number of ether oxygens (including phenoxy) is 4. The molecule has 0 fully saturated rings. The fourth-order valence-corrected chi connectivity index (χ4v) is 2.84. The largest absolute Gasteiger partial charge is 0.497 e. The Kier molecular flexibility index (Phi) is 6.23. The van der Waals surface area contributed by atoms with Crippen molar-refractivity contribution in [3.05, 3.63) is 53.7 Å². The number of rotatable bonds is 8. The number of amides is 1. The number of carbonyl (C=O) groups excluding carboxylic acids is 1. The Morgan fingerprint density at radius 1 is 0.931 bits per heavy atom. The van der Waals surface area contributed by atoms with Crippen LogP contribution in [0.1, 0.15) is 16.1 Å². The summed E-state index contributed by atoms with van der Waals surface area (Å²) in [4.78, 5) is 12.5. The highest BCUT2D eigenvalue weighted by Gasteiger charge is 2.17. The summed E-state index contributed by atoms with van der Waals surface area (Å²) in [7, 11) is 6.24. The molecular formula is C21H23N3O5. The SMILES string of the molecule is COc1ccc(CNC(=O)c2cc(-c3cc(OC)c(OC)c(OC)c3)n[nH]2)cc1. The molecule has 0 saturated heterocycles. The summed E-state index contributed by atoms with van der Waals surface area (Å²) in [6.45, 7) is 0.390. The van der Waals surface area contributed by atoms with E-state index in [1.807, 2.05) is 24.3 Å². The van der Waals surface area contributed by atoms with Crippen LogP contribution in [0.2, 0.25) is 0 Å². The Balaban J connectivity index is 1.75. The summed E-state index contributed by atoms with van der Waals surface area (Å²) in [6.07, 6.45) is 0. The van der Waals surface area contributed by atoms with E-state index < -0.39 is 0 Å². The lowest BCUT2D eigenvalue weighted by Gasteiger charge is -2.13. The van der Waals surface area contributed by atoms with Crippen LogP contribution in [0.3, 0.4) is 0 Å². The van der Waals surface area contributed by atoms with Crippen molar-refractivity contribution >= 4 is 5.91 Å². The number of aromatic amines is 1. The minimum Gasteiger partial charge on any atom is -0.497 e. The Labute approximate surface area is 168 Å². The van der Waals surface area contributed by atoms with Crippen LogP contribution >= 0.6 is 0 Å². The molecule has 0 atom stereocenters. The Hall–Kier alpha value is -3.68. The quantitative estimate of drug-likeness (QED) is 0.607. The zero-order chi connectivity index (χ0) is 20.8. The number of hydrogen-bond acceptors (Lipinski definition) is 6. The third-order valence-corrected chi connectivity index (χ3v) is 4.40. The number of benzene rings is 2. The van der Waals surface area contributed by atoms with Gasteiger partial charge in [-0.2, -0.15) is 5.10 Å². The second-order valence-corrected chi connectivity index (χ2v) is 6.11. The smallest absolute Gasteiger partial charge is 0.269 e. The molecule has 0 spiro atoms. The predicted molar refractivity (Wildman–Crippen MR) is 108 cm³/mol. The lowest BCUT2D eigenvalue weighted by molar-refractivity contribution is 0.0946. The minimum absolute atomic E-state index is 0.257. The number of H-pyrrole nitrogens is 1. The van der Waals surface area contributed by atoms with Crippen molar-refractivity contribution in [2.24, 2.45) is 0 Å². The van der Waals surface area contributed by atoms with Gasteiger partial charge in [-0.15, -0.1) is 0 Å². The van der Waals surface area contributed by atoms with Crippen molar-refractivity contribution < 1.29 is 23.7 Å². The summed E-state index contributed by atoms with van der Waals surface area (Å²) >= 11 is 0. The molecule has 8 heteroatoms. The maximum Gasteiger partial charge on any atom is 0.269 e. The molecule has 1 aromatic heterocycles. The van der Waals surface area contributed by atoms with Crippen LogP contribution in [0, 0.1) is 0 Å². The number of carbonyl (C=O) groups is 1. The van der Waals surface area contributed by atoms with E-state index in [1.165, 1.54) is 0 Å². The molecule has 0 unspecified atom stereocenters. The highest BCUT2D eigenvalue weighted by atomic mass is 16.5. The molecule has 0 aliphatic rings. The van der Waals surface area contributed by atoms with Crippen molar-refractivity contribution in [1.82, 2.24) is 15.5 Å². The van der Waals surface area contributed by atoms with Crippen LogP contribution < -0.4 is 24.3 Å². The second kappa shape index (κ2) is 9.01. The summed E-state index contributed by atoms with van der Waals surface area (Å²) in [5.74, 6) is 2.02. The van der Waals surface area contributed by atoms with Crippen molar-refractivity contribution in [3.8, 4) is 34.3 Å². The van der Waals surface area contributed by atoms with E-state index in [9.17, 15) is 4.79 Å². The van der Waals surface area contributed by atoms with Crippen LogP contribution in [0.25, 0.3) is 11.3 Å². The molecule has 0 saturated carbocycles. The monoisotopic (exact) mass is 397 g/mol. The first kappa shape index (κ1) is 20.1. The van der Waals surface area contributed by atoms with Gasteiger partial charge < -0.3 is 24.3 Å². The predicted octanol–water partition coefficient (Wildman–Crippen LogP) is 3.04. The Bertz CT molecular complexity index is 957.